The second-order valence-electron chi connectivity index (χ2n) is 5.69. The molecule has 0 radical (unpaired) electrons. The molecule has 7 heteroatoms. The van der Waals surface area contributed by atoms with Crippen LogP contribution in [0.1, 0.15) is 36.8 Å². The molecule has 0 bridgehead atoms. The van der Waals surface area contributed by atoms with Crippen LogP contribution in [0.15, 0.2) is 24.3 Å². The van der Waals surface area contributed by atoms with Crippen LogP contribution in [0.25, 0.3) is 0 Å². The zero-order chi connectivity index (χ0) is 17.2. The second kappa shape index (κ2) is 6.60. The van der Waals surface area contributed by atoms with Crippen LogP contribution in [0.2, 0.25) is 0 Å². The van der Waals surface area contributed by atoms with Crippen LogP contribution in [-0.2, 0) is 15.8 Å². The van der Waals surface area contributed by atoms with Crippen molar-refractivity contribution < 1.29 is 27.9 Å². The van der Waals surface area contributed by atoms with E-state index < -0.39 is 36.1 Å². The van der Waals surface area contributed by atoms with E-state index in [1.807, 2.05) is 6.92 Å². The molecule has 1 amide bonds. The zero-order valence-corrected chi connectivity index (χ0v) is 12.6. The Labute approximate surface area is 131 Å². The molecule has 0 heterocycles. The number of carboxylic acids is 1. The summed E-state index contributed by atoms with van der Waals surface area (Å²) in [5.74, 6) is -2.56. The molecule has 1 aromatic carbocycles. The molecule has 1 aliphatic rings. The zero-order valence-electron chi connectivity index (χ0n) is 12.6. The van der Waals surface area contributed by atoms with Crippen molar-refractivity contribution >= 4 is 11.9 Å². The molecular formula is C16H18F3NO3. The molecule has 2 unspecified atom stereocenters. The minimum Gasteiger partial charge on any atom is -0.480 e. The lowest BCUT2D eigenvalue weighted by molar-refractivity contribution is -0.145. The molecule has 0 aromatic heterocycles. The number of nitrogens with zero attached hydrogens (tertiary/aromatic N) is 1. The summed E-state index contributed by atoms with van der Waals surface area (Å²) in [4.78, 5) is 24.4. The van der Waals surface area contributed by atoms with E-state index in [-0.39, 0.29) is 18.0 Å². The lowest BCUT2D eigenvalue weighted by Crippen LogP contribution is -2.37. The largest absolute Gasteiger partial charge is 0.480 e. The molecule has 2 rings (SSSR count). The summed E-state index contributed by atoms with van der Waals surface area (Å²) in [6, 6.07) is 5.24. The Morgan fingerprint density at radius 3 is 2.52 bits per heavy atom. The predicted octanol–water partition coefficient (Wildman–Crippen LogP) is 3.13. The van der Waals surface area contributed by atoms with E-state index in [1.165, 1.54) is 23.1 Å². The maximum atomic E-state index is 13.0. The van der Waals surface area contributed by atoms with Crippen LogP contribution in [0.3, 0.4) is 0 Å². The Hall–Kier alpha value is -2.05. The van der Waals surface area contributed by atoms with E-state index >= 15 is 0 Å². The first-order valence-corrected chi connectivity index (χ1v) is 7.42. The van der Waals surface area contributed by atoms with Gasteiger partial charge < -0.3 is 10.0 Å². The molecule has 1 aliphatic carbocycles. The number of alkyl halides is 3. The van der Waals surface area contributed by atoms with Crippen LogP contribution in [0.5, 0.6) is 0 Å². The fourth-order valence-electron chi connectivity index (χ4n) is 2.83. The summed E-state index contributed by atoms with van der Waals surface area (Å²) < 4.78 is 39.1. The number of halogens is 3. The summed E-state index contributed by atoms with van der Waals surface area (Å²) in [6.07, 6.45) is -3.54. The number of amides is 1. The van der Waals surface area contributed by atoms with Crippen molar-refractivity contribution in [1.82, 2.24) is 4.90 Å². The molecule has 126 valence electrons. The van der Waals surface area contributed by atoms with Crippen molar-refractivity contribution in [2.75, 3.05) is 13.1 Å². The third kappa shape index (κ3) is 4.03. The van der Waals surface area contributed by atoms with Gasteiger partial charge in [0.2, 0.25) is 5.91 Å². The van der Waals surface area contributed by atoms with Crippen molar-refractivity contribution in [2.24, 2.45) is 5.92 Å². The highest BCUT2D eigenvalue weighted by molar-refractivity contribution is 5.86. The molecule has 1 fully saturated rings. The minimum atomic E-state index is -4.46. The molecule has 0 aliphatic heterocycles. The molecule has 4 nitrogen and oxygen atoms in total. The van der Waals surface area contributed by atoms with E-state index in [0.717, 1.165) is 6.07 Å². The molecule has 2 atom stereocenters. The molecule has 1 N–H and O–H groups in total. The van der Waals surface area contributed by atoms with Gasteiger partial charge in [0.1, 0.15) is 6.54 Å². The first-order valence-electron chi connectivity index (χ1n) is 7.42. The fraction of sp³-hybridized carbons (Fsp3) is 0.500. The quantitative estimate of drug-likeness (QED) is 0.872. The van der Waals surface area contributed by atoms with Gasteiger partial charge in [-0.25, -0.2) is 0 Å². The van der Waals surface area contributed by atoms with E-state index in [1.54, 1.807) is 0 Å². The van der Waals surface area contributed by atoms with Crippen LogP contribution < -0.4 is 0 Å². The Balaban J connectivity index is 2.15. The highest BCUT2D eigenvalue weighted by atomic mass is 19.4. The lowest BCUT2D eigenvalue weighted by atomic mass is 10.0. The van der Waals surface area contributed by atoms with Gasteiger partial charge in [-0.15, -0.1) is 0 Å². The van der Waals surface area contributed by atoms with E-state index in [2.05, 4.69) is 0 Å². The van der Waals surface area contributed by atoms with Crippen molar-refractivity contribution in [3.05, 3.63) is 35.4 Å². The van der Waals surface area contributed by atoms with Crippen molar-refractivity contribution in [1.29, 1.82) is 0 Å². The molecule has 1 aromatic rings. The first-order chi connectivity index (χ1) is 10.8. The van der Waals surface area contributed by atoms with Crippen LogP contribution in [0, 0.1) is 5.92 Å². The van der Waals surface area contributed by atoms with Gasteiger partial charge in [0, 0.05) is 12.5 Å². The Kier molecular flexibility index (Phi) is 4.97. The van der Waals surface area contributed by atoms with Gasteiger partial charge in [0.15, 0.2) is 0 Å². The molecule has 23 heavy (non-hydrogen) atoms. The Morgan fingerprint density at radius 1 is 1.30 bits per heavy atom. The third-order valence-corrected chi connectivity index (χ3v) is 3.90. The number of hydrogen-bond donors (Lipinski definition) is 1. The van der Waals surface area contributed by atoms with E-state index in [9.17, 15) is 22.8 Å². The summed E-state index contributed by atoms with van der Waals surface area (Å²) in [5, 5.41) is 8.85. The number of rotatable bonds is 6. The Morgan fingerprint density at radius 2 is 1.96 bits per heavy atom. The van der Waals surface area contributed by atoms with Crippen LogP contribution in [0.4, 0.5) is 13.2 Å². The number of aliphatic carboxylic acids is 1. The number of benzene rings is 1. The maximum Gasteiger partial charge on any atom is 0.416 e. The highest BCUT2D eigenvalue weighted by Crippen LogP contribution is 2.51. The summed E-state index contributed by atoms with van der Waals surface area (Å²) in [5.41, 5.74) is -0.606. The number of hydrogen-bond acceptors (Lipinski definition) is 2. The SMILES string of the molecule is CCCN(CC(=O)O)C(=O)C1CC1c1ccccc1C(F)(F)F. The summed E-state index contributed by atoms with van der Waals surface area (Å²) in [7, 11) is 0. The summed E-state index contributed by atoms with van der Waals surface area (Å²) >= 11 is 0. The predicted molar refractivity (Wildman–Crippen MR) is 76.8 cm³/mol. The minimum absolute atomic E-state index is 0.116. The fourth-order valence-corrected chi connectivity index (χ4v) is 2.83. The average molecular weight is 329 g/mol. The Bertz CT molecular complexity index is 600. The summed E-state index contributed by atoms with van der Waals surface area (Å²) in [6.45, 7) is 1.68. The van der Waals surface area contributed by atoms with Crippen molar-refractivity contribution in [2.45, 2.75) is 31.9 Å². The van der Waals surface area contributed by atoms with Gasteiger partial charge in [-0.2, -0.15) is 13.2 Å². The molecular weight excluding hydrogens is 311 g/mol. The van der Waals surface area contributed by atoms with Gasteiger partial charge in [0.25, 0.3) is 0 Å². The monoisotopic (exact) mass is 329 g/mol. The maximum absolute atomic E-state index is 13.0. The topological polar surface area (TPSA) is 57.6 Å². The highest BCUT2D eigenvalue weighted by Gasteiger charge is 2.49. The van der Waals surface area contributed by atoms with Crippen LogP contribution in [-0.4, -0.2) is 35.0 Å². The lowest BCUT2D eigenvalue weighted by Gasteiger charge is -2.20. The first kappa shape index (κ1) is 17.3. The van der Waals surface area contributed by atoms with E-state index in [4.69, 9.17) is 5.11 Å². The number of carboxylic acid groups (broad SMARTS) is 1. The van der Waals surface area contributed by atoms with E-state index in [0.29, 0.717) is 12.8 Å². The van der Waals surface area contributed by atoms with Crippen molar-refractivity contribution in [3.63, 3.8) is 0 Å². The average Bonchev–Trinajstić information content (AvgIpc) is 3.25. The number of carbonyl (C=O) groups excluding carboxylic acids is 1. The van der Waals surface area contributed by atoms with Gasteiger partial charge in [-0.3, -0.25) is 9.59 Å². The van der Waals surface area contributed by atoms with Gasteiger partial charge in [-0.05, 0) is 30.4 Å². The van der Waals surface area contributed by atoms with Gasteiger partial charge in [0.05, 0.1) is 5.56 Å². The van der Waals surface area contributed by atoms with Gasteiger partial charge in [-0.1, -0.05) is 25.1 Å². The molecule has 1 saturated carbocycles. The normalized spacial score (nSPS) is 20.2. The second-order valence-corrected chi connectivity index (χ2v) is 5.69. The van der Waals surface area contributed by atoms with Gasteiger partial charge >= 0.3 is 12.1 Å². The standard InChI is InChI=1S/C16H18F3NO3/c1-2-7-20(9-14(21)22)15(23)12-8-11(12)10-5-3-4-6-13(10)16(17,18)19/h3-6,11-12H,2,7-9H2,1H3,(H,21,22). The van der Waals surface area contributed by atoms with Crippen molar-refractivity contribution in [3.8, 4) is 0 Å². The molecule has 0 saturated heterocycles. The third-order valence-electron chi connectivity index (χ3n) is 3.90. The smallest absolute Gasteiger partial charge is 0.416 e. The van der Waals surface area contributed by atoms with Crippen LogP contribution >= 0.6 is 0 Å². The number of carbonyl (C=O) groups is 2. The molecule has 0 spiro atoms.